The zero-order valence-electron chi connectivity index (χ0n) is 18.3. The van der Waals surface area contributed by atoms with Crippen molar-refractivity contribution in [3.63, 3.8) is 0 Å². The summed E-state index contributed by atoms with van der Waals surface area (Å²) in [6.07, 6.45) is -0.722. The van der Waals surface area contributed by atoms with Gasteiger partial charge in [-0.1, -0.05) is 6.07 Å². The Morgan fingerprint density at radius 1 is 1.21 bits per heavy atom. The number of fused-ring (bicyclic) bond motifs is 1. The predicted octanol–water partition coefficient (Wildman–Crippen LogP) is 3.61. The maximum Gasteiger partial charge on any atom is 0.421 e. The summed E-state index contributed by atoms with van der Waals surface area (Å²) in [7, 11) is -2.29. The van der Waals surface area contributed by atoms with Gasteiger partial charge in [-0.05, 0) is 36.2 Å². The SMILES string of the molecule is CN(c1ncccc1CNc1nc(Nc2ccc3c(c2)CCN3)ncc1C(F)(F)F)S(C)(=O)=O. The third kappa shape index (κ3) is 5.14. The van der Waals surface area contributed by atoms with Gasteiger partial charge in [-0.2, -0.15) is 18.2 Å². The van der Waals surface area contributed by atoms with Crippen molar-refractivity contribution in [1.82, 2.24) is 15.0 Å². The second kappa shape index (κ2) is 8.97. The highest BCUT2D eigenvalue weighted by atomic mass is 32.2. The van der Waals surface area contributed by atoms with E-state index in [1.165, 1.54) is 13.2 Å². The van der Waals surface area contributed by atoms with Crippen LogP contribution in [-0.4, -0.2) is 43.2 Å². The molecule has 0 saturated carbocycles. The van der Waals surface area contributed by atoms with Crippen molar-refractivity contribution in [3.05, 3.63) is 59.4 Å². The molecule has 1 aromatic carbocycles. The molecule has 0 atom stereocenters. The number of rotatable bonds is 7. The normalized spacial score (nSPS) is 13.2. The fraction of sp³-hybridized carbons (Fsp3) is 0.286. The zero-order valence-corrected chi connectivity index (χ0v) is 19.1. The van der Waals surface area contributed by atoms with Crippen molar-refractivity contribution in [2.45, 2.75) is 19.1 Å². The first-order chi connectivity index (χ1) is 16.0. The lowest BCUT2D eigenvalue weighted by Gasteiger charge is -2.20. The number of pyridine rings is 1. The maximum absolute atomic E-state index is 13.6. The van der Waals surface area contributed by atoms with Crippen LogP contribution in [0.3, 0.4) is 0 Å². The first kappa shape index (κ1) is 23.5. The van der Waals surface area contributed by atoms with Crippen LogP contribution in [0.15, 0.2) is 42.7 Å². The summed E-state index contributed by atoms with van der Waals surface area (Å²) in [4.78, 5) is 11.9. The van der Waals surface area contributed by atoms with Gasteiger partial charge < -0.3 is 16.0 Å². The van der Waals surface area contributed by atoms with Crippen LogP contribution in [-0.2, 0) is 29.2 Å². The molecule has 4 rings (SSSR count). The van der Waals surface area contributed by atoms with Crippen molar-refractivity contribution < 1.29 is 21.6 Å². The number of nitrogens with zero attached hydrogens (tertiary/aromatic N) is 4. The molecular formula is C21H22F3N7O2S. The average Bonchev–Trinajstić information content (AvgIpc) is 3.24. The Balaban J connectivity index is 1.61. The smallest absolute Gasteiger partial charge is 0.384 e. The van der Waals surface area contributed by atoms with Crippen molar-refractivity contribution >= 4 is 39.0 Å². The molecule has 0 saturated heterocycles. The summed E-state index contributed by atoms with van der Waals surface area (Å²) in [5.74, 6) is -0.351. The Morgan fingerprint density at radius 2 is 2.00 bits per heavy atom. The summed E-state index contributed by atoms with van der Waals surface area (Å²) >= 11 is 0. The summed E-state index contributed by atoms with van der Waals surface area (Å²) in [6.45, 7) is 0.682. The van der Waals surface area contributed by atoms with Gasteiger partial charge in [0.1, 0.15) is 17.2 Å². The minimum absolute atomic E-state index is 0.0129. The Kier molecular flexibility index (Phi) is 6.21. The van der Waals surface area contributed by atoms with Gasteiger partial charge in [0.05, 0.1) is 6.26 Å². The lowest BCUT2D eigenvalue weighted by molar-refractivity contribution is -0.137. The predicted molar refractivity (Wildman–Crippen MR) is 124 cm³/mol. The van der Waals surface area contributed by atoms with Gasteiger partial charge in [0.25, 0.3) is 0 Å². The molecule has 0 spiro atoms. The molecule has 3 N–H and O–H groups in total. The number of hydrogen-bond acceptors (Lipinski definition) is 8. The van der Waals surface area contributed by atoms with Gasteiger partial charge in [-0.25, -0.2) is 18.4 Å². The fourth-order valence-corrected chi connectivity index (χ4v) is 3.96. The topological polar surface area (TPSA) is 112 Å². The second-order valence-corrected chi connectivity index (χ2v) is 9.71. The van der Waals surface area contributed by atoms with E-state index in [-0.39, 0.29) is 18.3 Å². The van der Waals surface area contributed by atoms with Gasteiger partial charge in [0, 0.05) is 49.5 Å². The summed E-state index contributed by atoms with van der Waals surface area (Å²) in [5.41, 5.74) is 2.10. The molecule has 180 valence electrons. The Bertz CT molecular complexity index is 1320. The van der Waals surface area contributed by atoms with E-state index in [2.05, 4.69) is 30.9 Å². The Labute approximate surface area is 194 Å². The molecule has 2 aromatic heterocycles. The van der Waals surface area contributed by atoms with Crippen molar-refractivity contribution in [2.24, 2.45) is 0 Å². The number of halogens is 3. The number of hydrogen-bond donors (Lipinski definition) is 3. The minimum atomic E-state index is -4.69. The van der Waals surface area contributed by atoms with Gasteiger partial charge in [0.2, 0.25) is 16.0 Å². The largest absolute Gasteiger partial charge is 0.421 e. The van der Waals surface area contributed by atoms with Gasteiger partial charge in [-0.3, -0.25) is 4.31 Å². The zero-order chi connectivity index (χ0) is 24.5. The van der Waals surface area contributed by atoms with E-state index >= 15 is 0 Å². The van der Waals surface area contributed by atoms with Crippen LogP contribution in [0, 0.1) is 0 Å². The van der Waals surface area contributed by atoms with Crippen LogP contribution in [0.25, 0.3) is 0 Å². The molecule has 9 nitrogen and oxygen atoms in total. The maximum atomic E-state index is 13.6. The van der Waals surface area contributed by atoms with Gasteiger partial charge in [-0.15, -0.1) is 0 Å². The summed E-state index contributed by atoms with van der Waals surface area (Å²) in [5, 5.41) is 8.85. The first-order valence-corrected chi connectivity index (χ1v) is 12.1. The van der Waals surface area contributed by atoms with E-state index in [0.29, 0.717) is 17.4 Å². The number of benzene rings is 1. The first-order valence-electron chi connectivity index (χ1n) is 10.2. The molecule has 13 heteroatoms. The lowest BCUT2D eigenvalue weighted by atomic mass is 10.1. The molecule has 3 heterocycles. The monoisotopic (exact) mass is 493 g/mol. The lowest BCUT2D eigenvalue weighted by Crippen LogP contribution is -2.27. The molecule has 0 fully saturated rings. The number of sulfonamides is 1. The molecule has 1 aliphatic rings. The van der Waals surface area contributed by atoms with Crippen LogP contribution in [0.4, 0.5) is 42.1 Å². The highest BCUT2D eigenvalue weighted by Crippen LogP contribution is 2.35. The average molecular weight is 494 g/mol. The van der Waals surface area contributed by atoms with Crippen LogP contribution < -0.4 is 20.3 Å². The standard InChI is InChI=1S/C21H22F3N7O2S/c1-31(34(2,32)33)19-14(4-3-8-26-19)11-27-18-16(21(22,23)24)12-28-20(30-18)29-15-5-6-17-13(10-15)7-9-25-17/h3-6,8,10,12,25H,7,9,11H2,1-2H3,(H2,27,28,29,30). The van der Waals surface area contributed by atoms with E-state index in [0.717, 1.165) is 34.8 Å². The van der Waals surface area contributed by atoms with Crippen LogP contribution in [0.1, 0.15) is 16.7 Å². The molecule has 34 heavy (non-hydrogen) atoms. The number of aromatic nitrogens is 3. The van der Waals surface area contributed by atoms with Gasteiger partial charge in [0.15, 0.2) is 0 Å². The number of alkyl halides is 3. The van der Waals surface area contributed by atoms with Crippen LogP contribution in [0.5, 0.6) is 0 Å². The third-order valence-electron chi connectivity index (χ3n) is 5.27. The molecule has 0 bridgehead atoms. The van der Waals surface area contributed by atoms with Crippen molar-refractivity contribution in [1.29, 1.82) is 0 Å². The number of anilines is 5. The van der Waals surface area contributed by atoms with Crippen molar-refractivity contribution in [2.75, 3.05) is 40.1 Å². The highest BCUT2D eigenvalue weighted by molar-refractivity contribution is 7.92. The quantitative estimate of drug-likeness (QED) is 0.458. The fourth-order valence-electron chi connectivity index (χ4n) is 3.48. The second-order valence-electron chi connectivity index (χ2n) is 7.70. The van der Waals surface area contributed by atoms with Gasteiger partial charge >= 0.3 is 6.18 Å². The van der Waals surface area contributed by atoms with E-state index in [9.17, 15) is 21.6 Å². The molecule has 3 aromatic rings. The third-order valence-corrected chi connectivity index (χ3v) is 6.44. The highest BCUT2D eigenvalue weighted by Gasteiger charge is 2.35. The molecule has 1 aliphatic heterocycles. The Hall–Kier alpha value is -3.61. The molecular weight excluding hydrogens is 471 g/mol. The molecule has 0 radical (unpaired) electrons. The van der Waals surface area contributed by atoms with E-state index < -0.39 is 27.6 Å². The summed E-state index contributed by atoms with van der Waals surface area (Å²) in [6, 6.07) is 8.71. The number of nitrogens with one attached hydrogen (secondary N) is 3. The minimum Gasteiger partial charge on any atom is -0.384 e. The van der Waals surface area contributed by atoms with Crippen molar-refractivity contribution in [3.8, 4) is 0 Å². The molecule has 0 unspecified atom stereocenters. The summed E-state index contributed by atoms with van der Waals surface area (Å²) < 4.78 is 65.6. The Morgan fingerprint density at radius 3 is 2.74 bits per heavy atom. The van der Waals surface area contributed by atoms with Crippen LogP contribution >= 0.6 is 0 Å². The molecule has 0 aliphatic carbocycles. The van der Waals surface area contributed by atoms with Crippen LogP contribution in [0.2, 0.25) is 0 Å². The van der Waals surface area contributed by atoms with E-state index in [4.69, 9.17) is 0 Å². The van der Waals surface area contributed by atoms with E-state index in [1.807, 2.05) is 12.1 Å². The van der Waals surface area contributed by atoms with E-state index in [1.54, 1.807) is 18.2 Å². The molecule has 0 amide bonds.